The topological polar surface area (TPSA) is 29.1 Å². The van der Waals surface area contributed by atoms with Crippen LogP contribution < -0.4 is 5.32 Å². The second-order valence-corrected chi connectivity index (χ2v) is 3.50. The molecular weight excluding hydrogens is 224 g/mol. The number of benzene rings is 1. The van der Waals surface area contributed by atoms with E-state index in [1.807, 2.05) is 0 Å². The van der Waals surface area contributed by atoms with Gasteiger partial charge in [0.15, 0.2) is 0 Å². The van der Waals surface area contributed by atoms with Crippen LogP contribution in [0.25, 0.3) is 0 Å². The van der Waals surface area contributed by atoms with Gasteiger partial charge in [-0.3, -0.25) is 4.79 Å². The summed E-state index contributed by atoms with van der Waals surface area (Å²) < 4.78 is 25.2. The van der Waals surface area contributed by atoms with Gasteiger partial charge in [-0.25, -0.2) is 8.78 Å². The molecule has 15 heavy (non-hydrogen) atoms. The van der Waals surface area contributed by atoms with Crippen LogP contribution in [0.5, 0.6) is 0 Å². The SMILES string of the molecule is CC(=O)NC(c1ccc(Cl)cc1)C(F)F. The van der Waals surface area contributed by atoms with Crippen molar-refractivity contribution in [3.8, 4) is 0 Å². The molecule has 0 heterocycles. The molecule has 0 fully saturated rings. The van der Waals surface area contributed by atoms with Crippen LogP contribution in [0.15, 0.2) is 24.3 Å². The van der Waals surface area contributed by atoms with E-state index in [2.05, 4.69) is 5.32 Å². The van der Waals surface area contributed by atoms with Crippen LogP contribution in [0.2, 0.25) is 5.02 Å². The van der Waals surface area contributed by atoms with Crippen molar-refractivity contribution in [1.29, 1.82) is 0 Å². The van der Waals surface area contributed by atoms with Gasteiger partial charge in [0, 0.05) is 11.9 Å². The Morgan fingerprint density at radius 3 is 2.27 bits per heavy atom. The first-order chi connectivity index (χ1) is 7.00. The Hall–Kier alpha value is -1.16. The number of hydrogen-bond donors (Lipinski definition) is 1. The van der Waals surface area contributed by atoms with E-state index in [0.29, 0.717) is 10.6 Å². The van der Waals surface area contributed by atoms with Gasteiger partial charge in [0.2, 0.25) is 5.91 Å². The minimum atomic E-state index is -2.64. The van der Waals surface area contributed by atoms with Gasteiger partial charge in [-0.1, -0.05) is 23.7 Å². The van der Waals surface area contributed by atoms with E-state index in [9.17, 15) is 13.6 Å². The number of alkyl halides is 2. The predicted octanol–water partition coefficient (Wildman–Crippen LogP) is 2.78. The molecule has 0 radical (unpaired) electrons. The fraction of sp³-hybridized carbons (Fsp3) is 0.300. The van der Waals surface area contributed by atoms with Crippen molar-refractivity contribution in [3.05, 3.63) is 34.9 Å². The van der Waals surface area contributed by atoms with Crippen molar-refractivity contribution in [2.45, 2.75) is 19.4 Å². The van der Waals surface area contributed by atoms with Crippen LogP contribution >= 0.6 is 11.6 Å². The van der Waals surface area contributed by atoms with E-state index in [1.54, 1.807) is 0 Å². The highest BCUT2D eigenvalue weighted by Crippen LogP contribution is 2.22. The molecule has 1 unspecified atom stereocenters. The van der Waals surface area contributed by atoms with Gasteiger partial charge in [0.25, 0.3) is 6.43 Å². The molecule has 0 aliphatic heterocycles. The number of hydrogen-bond acceptors (Lipinski definition) is 1. The van der Waals surface area contributed by atoms with Gasteiger partial charge in [-0.15, -0.1) is 0 Å². The Balaban J connectivity index is 2.88. The summed E-state index contributed by atoms with van der Waals surface area (Å²) in [7, 11) is 0. The van der Waals surface area contributed by atoms with Gasteiger partial charge < -0.3 is 5.32 Å². The summed E-state index contributed by atoms with van der Waals surface area (Å²) in [5.41, 5.74) is 0.338. The monoisotopic (exact) mass is 233 g/mol. The van der Waals surface area contributed by atoms with Gasteiger partial charge in [0.05, 0.1) is 0 Å². The Labute approximate surface area is 91.2 Å². The highest BCUT2D eigenvalue weighted by atomic mass is 35.5. The molecule has 2 nitrogen and oxygen atoms in total. The van der Waals surface area contributed by atoms with Crippen molar-refractivity contribution in [1.82, 2.24) is 5.32 Å². The Bertz CT molecular complexity index is 340. The quantitative estimate of drug-likeness (QED) is 0.855. The summed E-state index contributed by atoms with van der Waals surface area (Å²) >= 11 is 5.63. The van der Waals surface area contributed by atoms with Crippen molar-refractivity contribution in [2.24, 2.45) is 0 Å². The molecule has 5 heteroatoms. The van der Waals surface area contributed by atoms with Crippen LogP contribution in [-0.4, -0.2) is 12.3 Å². The number of carbonyl (C=O) groups is 1. The van der Waals surface area contributed by atoms with E-state index < -0.39 is 18.4 Å². The molecule has 1 N–H and O–H groups in total. The lowest BCUT2D eigenvalue weighted by atomic mass is 10.1. The summed E-state index contributed by atoms with van der Waals surface area (Å²) in [4.78, 5) is 10.7. The molecule has 0 bridgehead atoms. The third kappa shape index (κ3) is 3.47. The summed E-state index contributed by atoms with van der Waals surface area (Å²) in [5.74, 6) is -0.491. The van der Waals surface area contributed by atoms with Crippen LogP contribution in [-0.2, 0) is 4.79 Å². The maximum atomic E-state index is 12.6. The summed E-state index contributed by atoms with van der Waals surface area (Å²) in [5, 5.41) is 2.65. The van der Waals surface area contributed by atoms with E-state index in [0.717, 1.165) is 0 Å². The smallest absolute Gasteiger partial charge is 0.262 e. The zero-order chi connectivity index (χ0) is 11.4. The lowest BCUT2D eigenvalue weighted by Gasteiger charge is -2.17. The van der Waals surface area contributed by atoms with Crippen LogP contribution in [0.3, 0.4) is 0 Å². The first kappa shape index (κ1) is 11.9. The van der Waals surface area contributed by atoms with Gasteiger partial charge in [-0.2, -0.15) is 0 Å². The molecule has 0 saturated heterocycles. The standard InChI is InChI=1S/C10H10ClF2NO/c1-6(15)14-9(10(12)13)7-2-4-8(11)5-3-7/h2-5,9-10H,1H3,(H,14,15). The van der Waals surface area contributed by atoms with E-state index in [1.165, 1.54) is 31.2 Å². The number of amides is 1. The molecule has 1 aromatic rings. The van der Waals surface area contributed by atoms with Gasteiger partial charge >= 0.3 is 0 Å². The minimum absolute atomic E-state index is 0.338. The Morgan fingerprint density at radius 1 is 1.33 bits per heavy atom. The second kappa shape index (κ2) is 5.07. The van der Waals surface area contributed by atoms with Crippen LogP contribution in [0.1, 0.15) is 18.5 Å². The van der Waals surface area contributed by atoms with Crippen molar-refractivity contribution in [2.75, 3.05) is 0 Å². The highest BCUT2D eigenvalue weighted by Gasteiger charge is 2.22. The van der Waals surface area contributed by atoms with E-state index in [4.69, 9.17) is 11.6 Å². The molecule has 82 valence electrons. The molecule has 1 amide bonds. The Morgan fingerprint density at radius 2 is 1.87 bits per heavy atom. The number of nitrogens with one attached hydrogen (secondary N) is 1. The normalized spacial score (nSPS) is 12.6. The van der Waals surface area contributed by atoms with Gasteiger partial charge in [-0.05, 0) is 17.7 Å². The second-order valence-electron chi connectivity index (χ2n) is 3.06. The first-order valence-electron chi connectivity index (χ1n) is 4.31. The highest BCUT2D eigenvalue weighted by molar-refractivity contribution is 6.30. The number of rotatable bonds is 3. The fourth-order valence-electron chi connectivity index (χ4n) is 1.18. The van der Waals surface area contributed by atoms with E-state index >= 15 is 0 Å². The summed E-state index contributed by atoms with van der Waals surface area (Å²) in [6.45, 7) is 1.20. The molecular formula is C10H10ClF2NO. The van der Waals surface area contributed by atoms with Crippen molar-refractivity contribution < 1.29 is 13.6 Å². The fourth-order valence-corrected chi connectivity index (χ4v) is 1.31. The number of halogens is 3. The molecule has 0 aliphatic carbocycles. The molecule has 0 aliphatic rings. The lowest BCUT2D eigenvalue weighted by molar-refractivity contribution is -0.120. The number of carbonyl (C=O) groups excluding carboxylic acids is 1. The predicted molar refractivity (Wildman–Crippen MR) is 54.0 cm³/mol. The molecule has 1 aromatic carbocycles. The average Bonchev–Trinajstić information content (AvgIpc) is 2.15. The summed E-state index contributed by atoms with van der Waals surface area (Å²) in [6, 6.07) is 4.67. The molecule has 0 spiro atoms. The first-order valence-corrected chi connectivity index (χ1v) is 4.69. The zero-order valence-electron chi connectivity index (χ0n) is 8.01. The van der Waals surface area contributed by atoms with Crippen molar-refractivity contribution >= 4 is 17.5 Å². The maximum Gasteiger partial charge on any atom is 0.262 e. The van der Waals surface area contributed by atoms with Gasteiger partial charge in [0.1, 0.15) is 6.04 Å². The molecule has 1 atom stereocenters. The van der Waals surface area contributed by atoms with Crippen LogP contribution in [0, 0.1) is 0 Å². The average molecular weight is 234 g/mol. The van der Waals surface area contributed by atoms with E-state index in [-0.39, 0.29) is 0 Å². The third-order valence-electron chi connectivity index (χ3n) is 1.84. The maximum absolute atomic E-state index is 12.6. The van der Waals surface area contributed by atoms with Crippen LogP contribution in [0.4, 0.5) is 8.78 Å². The van der Waals surface area contributed by atoms with Crippen molar-refractivity contribution in [3.63, 3.8) is 0 Å². The molecule has 0 aromatic heterocycles. The Kier molecular flexibility index (Phi) is 4.03. The summed E-state index contributed by atoms with van der Waals surface area (Å²) in [6.07, 6.45) is -2.64. The minimum Gasteiger partial charge on any atom is -0.344 e. The zero-order valence-corrected chi connectivity index (χ0v) is 8.76. The molecule has 1 rings (SSSR count). The third-order valence-corrected chi connectivity index (χ3v) is 2.09. The largest absolute Gasteiger partial charge is 0.344 e. The lowest BCUT2D eigenvalue weighted by Crippen LogP contribution is -2.31. The molecule has 0 saturated carbocycles.